The summed E-state index contributed by atoms with van der Waals surface area (Å²) < 4.78 is 1.79. The van der Waals surface area contributed by atoms with Crippen LogP contribution < -0.4 is 4.90 Å². The molecule has 1 aliphatic rings. The molecule has 0 fully saturated rings. The van der Waals surface area contributed by atoms with Gasteiger partial charge in [-0.1, -0.05) is 11.6 Å². The standard InChI is InChI=1S/C18H16ClN5O/c1-11-7-13(5-6-20-11)15-9-22-24-12(2)10-23(18(25)17(15)24)16-4-3-14(19)8-21-16/h3-9,12H,10H2,1-2H3/t12-/m0/s1. The van der Waals surface area contributed by atoms with Gasteiger partial charge in [0.2, 0.25) is 0 Å². The lowest BCUT2D eigenvalue weighted by Gasteiger charge is -2.31. The van der Waals surface area contributed by atoms with Gasteiger partial charge in [-0.05, 0) is 43.7 Å². The third kappa shape index (κ3) is 2.68. The molecule has 7 heteroatoms. The van der Waals surface area contributed by atoms with E-state index in [1.165, 1.54) is 0 Å². The van der Waals surface area contributed by atoms with Gasteiger partial charge in [0.25, 0.3) is 5.91 Å². The maximum absolute atomic E-state index is 13.2. The monoisotopic (exact) mass is 353 g/mol. The Kier molecular flexibility index (Phi) is 3.77. The smallest absolute Gasteiger partial charge is 0.278 e. The van der Waals surface area contributed by atoms with Crippen LogP contribution in [-0.2, 0) is 0 Å². The molecule has 3 aromatic rings. The van der Waals surface area contributed by atoms with Crippen molar-refractivity contribution in [3.05, 3.63) is 59.3 Å². The van der Waals surface area contributed by atoms with Crippen molar-refractivity contribution in [3.63, 3.8) is 0 Å². The van der Waals surface area contributed by atoms with Gasteiger partial charge in [-0.15, -0.1) is 0 Å². The van der Waals surface area contributed by atoms with Crippen molar-refractivity contribution in [1.29, 1.82) is 0 Å². The maximum Gasteiger partial charge on any atom is 0.278 e. The first-order chi connectivity index (χ1) is 12.0. The molecule has 0 spiro atoms. The predicted molar refractivity (Wildman–Crippen MR) is 95.8 cm³/mol. The van der Waals surface area contributed by atoms with Gasteiger partial charge in [-0.25, -0.2) is 4.98 Å². The number of halogens is 1. The van der Waals surface area contributed by atoms with E-state index in [0.29, 0.717) is 23.1 Å². The van der Waals surface area contributed by atoms with Crippen molar-refractivity contribution in [2.75, 3.05) is 11.4 Å². The molecule has 0 bridgehead atoms. The van der Waals surface area contributed by atoms with Crippen LogP contribution in [0.15, 0.2) is 42.9 Å². The van der Waals surface area contributed by atoms with Crippen LogP contribution in [0.3, 0.4) is 0 Å². The highest BCUT2D eigenvalue weighted by atomic mass is 35.5. The molecule has 0 aliphatic carbocycles. The molecule has 4 heterocycles. The summed E-state index contributed by atoms with van der Waals surface area (Å²) in [5, 5.41) is 4.98. The van der Waals surface area contributed by atoms with Crippen LogP contribution in [0.1, 0.15) is 29.1 Å². The second-order valence-corrected chi connectivity index (χ2v) is 6.57. The lowest BCUT2D eigenvalue weighted by Crippen LogP contribution is -2.43. The molecule has 0 N–H and O–H groups in total. The molecule has 126 valence electrons. The Morgan fingerprint density at radius 3 is 2.76 bits per heavy atom. The van der Waals surface area contributed by atoms with Crippen LogP contribution >= 0.6 is 11.6 Å². The molecule has 0 aromatic carbocycles. The third-order valence-electron chi connectivity index (χ3n) is 4.30. The zero-order valence-electron chi connectivity index (χ0n) is 13.8. The van der Waals surface area contributed by atoms with E-state index in [2.05, 4.69) is 15.1 Å². The number of carbonyl (C=O) groups is 1. The lowest BCUT2D eigenvalue weighted by atomic mass is 10.0. The molecule has 25 heavy (non-hydrogen) atoms. The van der Waals surface area contributed by atoms with Gasteiger partial charge in [0.15, 0.2) is 0 Å². The summed E-state index contributed by atoms with van der Waals surface area (Å²) >= 11 is 5.91. The highest BCUT2D eigenvalue weighted by Crippen LogP contribution is 2.32. The molecule has 1 amide bonds. The molecule has 4 rings (SSSR count). The van der Waals surface area contributed by atoms with E-state index in [-0.39, 0.29) is 11.9 Å². The number of aryl methyl sites for hydroxylation is 1. The van der Waals surface area contributed by atoms with Crippen molar-refractivity contribution in [2.24, 2.45) is 0 Å². The number of anilines is 1. The van der Waals surface area contributed by atoms with E-state index in [1.54, 1.807) is 40.3 Å². The fourth-order valence-corrected chi connectivity index (χ4v) is 3.22. The van der Waals surface area contributed by atoms with Gasteiger partial charge in [0.1, 0.15) is 11.5 Å². The van der Waals surface area contributed by atoms with E-state index in [0.717, 1.165) is 16.8 Å². The summed E-state index contributed by atoms with van der Waals surface area (Å²) in [4.78, 5) is 23.4. The molecular weight excluding hydrogens is 338 g/mol. The van der Waals surface area contributed by atoms with E-state index in [4.69, 9.17) is 11.6 Å². The van der Waals surface area contributed by atoms with E-state index in [1.807, 2.05) is 26.0 Å². The van der Waals surface area contributed by atoms with Crippen molar-refractivity contribution < 1.29 is 4.79 Å². The van der Waals surface area contributed by atoms with Crippen molar-refractivity contribution >= 4 is 23.3 Å². The Hall–Kier alpha value is -2.73. The minimum atomic E-state index is -0.116. The molecule has 0 saturated heterocycles. The van der Waals surface area contributed by atoms with Crippen LogP contribution in [-0.4, -0.2) is 32.2 Å². The number of carbonyl (C=O) groups excluding carboxylic acids is 1. The molecule has 0 radical (unpaired) electrons. The zero-order chi connectivity index (χ0) is 17.6. The molecule has 0 unspecified atom stereocenters. The molecule has 3 aromatic heterocycles. The van der Waals surface area contributed by atoms with Crippen LogP contribution in [0.5, 0.6) is 0 Å². The number of fused-ring (bicyclic) bond motifs is 1. The van der Waals surface area contributed by atoms with Gasteiger partial charge in [0, 0.05) is 30.2 Å². The van der Waals surface area contributed by atoms with Gasteiger partial charge in [0.05, 0.1) is 17.3 Å². The Bertz CT molecular complexity index is 950. The normalized spacial score (nSPS) is 16.8. The van der Waals surface area contributed by atoms with E-state index < -0.39 is 0 Å². The Labute approximate surface area is 150 Å². The average Bonchev–Trinajstić information content (AvgIpc) is 3.05. The fraction of sp³-hybridized carbons (Fsp3) is 0.222. The largest absolute Gasteiger partial charge is 0.289 e. The van der Waals surface area contributed by atoms with Gasteiger partial charge in [-0.2, -0.15) is 5.10 Å². The van der Waals surface area contributed by atoms with Crippen molar-refractivity contribution in [2.45, 2.75) is 19.9 Å². The summed E-state index contributed by atoms with van der Waals surface area (Å²) in [7, 11) is 0. The SMILES string of the molecule is Cc1cc(-c2cnn3c2C(=O)N(c2ccc(Cl)cn2)C[C@@H]3C)ccn1. The Morgan fingerprint density at radius 2 is 2.04 bits per heavy atom. The average molecular weight is 354 g/mol. The van der Waals surface area contributed by atoms with Crippen LogP contribution in [0.4, 0.5) is 5.82 Å². The molecular formula is C18H16ClN5O. The fourth-order valence-electron chi connectivity index (χ4n) is 3.11. The molecule has 0 saturated carbocycles. The molecule has 6 nitrogen and oxygen atoms in total. The highest BCUT2D eigenvalue weighted by Gasteiger charge is 2.34. The number of amides is 1. The van der Waals surface area contributed by atoms with Gasteiger partial charge < -0.3 is 0 Å². The van der Waals surface area contributed by atoms with Crippen LogP contribution in [0.25, 0.3) is 11.1 Å². The van der Waals surface area contributed by atoms with Crippen molar-refractivity contribution in [3.8, 4) is 11.1 Å². The molecule has 1 aliphatic heterocycles. The Morgan fingerprint density at radius 1 is 1.20 bits per heavy atom. The first-order valence-corrected chi connectivity index (χ1v) is 8.36. The minimum absolute atomic E-state index is 0.0434. The number of nitrogens with zero attached hydrogens (tertiary/aromatic N) is 5. The second-order valence-electron chi connectivity index (χ2n) is 6.14. The number of rotatable bonds is 2. The topological polar surface area (TPSA) is 63.9 Å². The predicted octanol–water partition coefficient (Wildman–Crippen LogP) is 3.52. The highest BCUT2D eigenvalue weighted by molar-refractivity contribution is 6.30. The number of hydrogen-bond donors (Lipinski definition) is 0. The lowest BCUT2D eigenvalue weighted by molar-refractivity contribution is 0.0953. The summed E-state index contributed by atoms with van der Waals surface area (Å²) in [6.45, 7) is 4.47. The first kappa shape index (κ1) is 15.8. The Balaban J connectivity index is 1.81. The zero-order valence-corrected chi connectivity index (χ0v) is 14.6. The van der Waals surface area contributed by atoms with E-state index in [9.17, 15) is 4.79 Å². The number of hydrogen-bond acceptors (Lipinski definition) is 4. The van der Waals surface area contributed by atoms with Gasteiger partial charge in [-0.3, -0.25) is 19.4 Å². The summed E-state index contributed by atoms with van der Waals surface area (Å²) in [5.41, 5.74) is 3.20. The summed E-state index contributed by atoms with van der Waals surface area (Å²) in [5.74, 6) is 0.473. The van der Waals surface area contributed by atoms with Crippen molar-refractivity contribution in [1.82, 2.24) is 19.7 Å². The quantitative estimate of drug-likeness (QED) is 0.707. The summed E-state index contributed by atoms with van der Waals surface area (Å²) in [6.07, 6.45) is 5.04. The number of aromatic nitrogens is 4. The summed E-state index contributed by atoms with van der Waals surface area (Å²) in [6, 6.07) is 7.38. The molecule has 1 atom stereocenters. The van der Waals surface area contributed by atoms with E-state index >= 15 is 0 Å². The third-order valence-corrected chi connectivity index (χ3v) is 4.53. The van der Waals surface area contributed by atoms with Gasteiger partial charge >= 0.3 is 0 Å². The minimum Gasteiger partial charge on any atom is -0.289 e. The van der Waals surface area contributed by atoms with Crippen LogP contribution in [0, 0.1) is 6.92 Å². The van der Waals surface area contributed by atoms with Crippen LogP contribution in [0.2, 0.25) is 5.02 Å². The second kappa shape index (κ2) is 5.97. The maximum atomic E-state index is 13.2. The number of pyridine rings is 2. The first-order valence-electron chi connectivity index (χ1n) is 7.98.